The summed E-state index contributed by atoms with van der Waals surface area (Å²) in [7, 11) is 12.1. The van der Waals surface area contributed by atoms with Crippen LogP contribution in [0, 0.1) is 0 Å². The third kappa shape index (κ3) is 33.8. The Morgan fingerprint density at radius 2 is 0.821 bits per heavy atom. The van der Waals surface area contributed by atoms with E-state index in [-0.39, 0.29) is 38.0 Å². The van der Waals surface area contributed by atoms with Crippen LogP contribution in [-0.2, 0) is 9.47 Å². The molecule has 0 aliphatic rings. The molecule has 0 bridgehead atoms. The van der Waals surface area contributed by atoms with Crippen molar-refractivity contribution < 1.29 is 63.7 Å². The van der Waals surface area contributed by atoms with Gasteiger partial charge in [0.15, 0.2) is 0 Å². The third-order valence-electron chi connectivity index (χ3n) is 2.86. The Balaban J connectivity index is -0.000000225. The van der Waals surface area contributed by atoms with Crippen molar-refractivity contribution in [2.75, 3.05) is 81.8 Å². The molecule has 28 heavy (non-hydrogen) atoms. The highest BCUT2D eigenvalue weighted by atomic mass is 35.5. The first-order valence-corrected chi connectivity index (χ1v) is 9.11. The number of ether oxygens (including phenoxy) is 2. The Morgan fingerprint density at radius 3 is 1.04 bits per heavy atom. The van der Waals surface area contributed by atoms with Gasteiger partial charge in [-0.1, -0.05) is 0 Å². The van der Waals surface area contributed by atoms with Gasteiger partial charge in [0, 0.05) is 0 Å². The highest BCUT2D eigenvalue weighted by Crippen LogP contribution is 1.99. The van der Waals surface area contributed by atoms with E-state index in [4.69, 9.17) is 19.7 Å². The van der Waals surface area contributed by atoms with Crippen LogP contribution in [-0.4, -0.2) is 136 Å². The zero-order valence-corrected chi connectivity index (χ0v) is 20.3. The van der Waals surface area contributed by atoms with Crippen molar-refractivity contribution in [3.63, 3.8) is 0 Å². The standard InChI is InChI=1S/C12H30N2O3.C6H14O3.2ClH/c1-13(2,3)7-11(15)9-17-10-12(16)8-14(4,5)6;1-5(7)3-9-4-6(2)8;;/h11-12,15-16H,7-10H2,1-6H3;5-8H,3-4H2,1-2H3;2*1H/q+2;;;/p-2. The molecule has 0 aromatic heterocycles. The fourth-order valence-corrected chi connectivity index (χ4v) is 2.12. The number of aliphatic hydroxyl groups is 4. The smallest absolute Gasteiger partial charge is 0.126 e. The molecule has 0 aliphatic heterocycles. The van der Waals surface area contributed by atoms with E-state index in [1.165, 1.54) is 0 Å². The van der Waals surface area contributed by atoms with Crippen LogP contribution in [0.3, 0.4) is 0 Å². The summed E-state index contributed by atoms with van der Waals surface area (Å²) in [6, 6.07) is 0. The van der Waals surface area contributed by atoms with Crippen LogP contribution in [0.25, 0.3) is 0 Å². The van der Waals surface area contributed by atoms with Gasteiger partial charge in [0.1, 0.15) is 25.3 Å². The Hall–Kier alpha value is 0.260. The number of rotatable bonds is 12. The van der Waals surface area contributed by atoms with Crippen molar-refractivity contribution in [2.24, 2.45) is 0 Å². The van der Waals surface area contributed by atoms with Gasteiger partial charge in [0.05, 0.1) is 80.9 Å². The predicted octanol–water partition coefficient (Wildman–Crippen LogP) is -7.09. The summed E-state index contributed by atoms with van der Waals surface area (Å²) in [5.74, 6) is 0. The van der Waals surface area contributed by atoms with Gasteiger partial charge in [0.25, 0.3) is 0 Å². The number of aliphatic hydroxyl groups excluding tert-OH is 4. The van der Waals surface area contributed by atoms with E-state index in [0.29, 0.717) is 35.3 Å². The molecule has 0 heterocycles. The molecular formula is C18H44Cl2N2O6. The summed E-state index contributed by atoms with van der Waals surface area (Å²) in [6.07, 6.45) is -1.84. The molecule has 176 valence electrons. The average Bonchev–Trinajstić information content (AvgIpc) is 2.33. The number of hydrogen-bond donors (Lipinski definition) is 4. The number of hydrogen-bond acceptors (Lipinski definition) is 6. The SMILES string of the molecule is CC(O)COCC(C)O.C[N+](C)(C)CC(O)COCC(O)C[N+](C)(C)C.[Cl-].[Cl-]. The molecule has 0 rings (SSSR count). The first kappa shape index (κ1) is 35.7. The molecular weight excluding hydrogens is 411 g/mol. The minimum atomic E-state index is -0.480. The highest BCUT2D eigenvalue weighted by molar-refractivity contribution is 4.55. The normalized spacial score (nSPS) is 15.9. The maximum atomic E-state index is 9.70. The second kappa shape index (κ2) is 18.1. The van der Waals surface area contributed by atoms with E-state index in [1.54, 1.807) is 13.8 Å². The predicted molar refractivity (Wildman–Crippen MR) is 103 cm³/mol. The summed E-state index contributed by atoms with van der Waals surface area (Å²) in [4.78, 5) is 0. The van der Waals surface area contributed by atoms with E-state index >= 15 is 0 Å². The average molecular weight is 455 g/mol. The van der Waals surface area contributed by atoms with Gasteiger partial charge >= 0.3 is 0 Å². The van der Waals surface area contributed by atoms with E-state index < -0.39 is 24.4 Å². The van der Waals surface area contributed by atoms with Crippen molar-refractivity contribution in [3.05, 3.63) is 0 Å². The molecule has 4 N–H and O–H groups in total. The van der Waals surface area contributed by atoms with E-state index in [1.807, 2.05) is 42.3 Å². The zero-order chi connectivity index (χ0) is 21.0. The Morgan fingerprint density at radius 1 is 0.571 bits per heavy atom. The van der Waals surface area contributed by atoms with Crippen molar-refractivity contribution in [1.82, 2.24) is 0 Å². The van der Waals surface area contributed by atoms with Gasteiger partial charge in [-0.3, -0.25) is 0 Å². The molecule has 0 aromatic carbocycles. The van der Waals surface area contributed by atoms with Crippen molar-refractivity contribution in [3.8, 4) is 0 Å². The maximum Gasteiger partial charge on any atom is 0.126 e. The Kier molecular flexibility index (Phi) is 23.0. The highest BCUT2D eigenvalue weighted by Gasteiger charge is 2.18. The molecule has 0 saturated carbocycles. The van der Waals surface area contributed by atoms with Gasteiger partial charge in [0.2, 0.25) is 0 Å². The second-order valence-electron chi connectivity index (χ2n) is 9.03. The van der Waals surface area contributed by atoms with Gasteiger partial charge in [-0.25, -0.2) is 0 Å². The molecule has 10 heteroatoms. The van der Waals surface area contributed by atoms with Crippen molar-refractivity contribution in [2.45, 2.75) is 38.3 Å². The largest absolute Gasteiger partial charge is 1.00 e. The topological polar surface area (TPSA) is 99.4 Å². The fourth-order valence-electron chi connectivity index (χ4n) is 2.12. The Bertz CT molecular complexity index is 307. The van der Waals surface area contributed by atoms with Crippen LogP contribution in [0.1, 0.15) is 13.8 Å². The molecule has 8 nitrogen and oxygen atoms in total. The monoisotopic (exact) mass is 454 g/mol. The summed E-state index contributed by atoms with van der Waals surface area (Å²) in [5, 5.41) is 36.7. The number of halogens is 2. The maximum absolute atomic E-state index is 9.70. The van der Waals surface area contributed by atoms with Crippen molar-refractivity contribution >= 4 is 0 Å². The molecule has 0 aliphatic carbocycles. The molecule has 4 unspecified atom stereocenters. The van der Waals surface area contributed by atoms with Crippen LogP contribution in [0.4, 0.5) is 0 Å². The first-order chi connectivity index (χ1) is 11.6. The summed E-state index contributed by atoms with van der Waals surface area (Å²) < 4.78 is 11.6. The lowest BCUT2D eigenvalue weighted by Crippen LogP contribution is -3.00. The van der Waals surface area contributed by atoms with Crippen LogP contribution in [0.2, 0.25) is 0 Å². The van der Waals surface area contributed by atoms with E-state index in [9.17, 15) is 10.2 Å². The lowest BCUT2D eigenvalue weighted by Gasteiger charge is -2.28. The van der Waals surface area contributed by atoms with Gasteiger partial charge < -0.3 is 63.7 Å². The summed E-state index contributed by atoms with van der Waals surface area (Å²) in [6.45, 7) is 5.73. The number of likely N-dealkylation sites (N-methyl/N-ethyl adjacent to an activating group) is 2. The van der Waals surface area contributed by atoms with Crippen LogP contribution < -0.4 is 24.8 Å². The van der Waals surface area contributed by atoms with E-state index in [2.05, 4.69) is 0 Å². The van der Waals surface area contributed by atoms with E-state index in [0.717, 1.165) is 0 Å². The number of nitrogens with zero attached hydrogens (tertiary/aromatic N) is 2. The molecule has 0 radical (unpaired) electrons. The Labute approximate surface area is 184 Å². The van der Waals surface area contributed by atoms with Gasteiger partial charge in [-0.05, 0) is 13.8 Å². The van der Waals surface area contributed by atoms with Crippen LogP contribution in [0.15, 0.2) is 0 Å². The van der Waals surface area contributed by atoms with Gasteiger partial charge in [-0.15, -0.1) is 0 Å². The second-order valence-corrected chi connectivity index (χ2v) is 9.03. The minimum Gasteiger partial charge on any atom is -1.00 e. The lowest BCUT2D eigenvalue weighted by molar-refractivity contribution is -0.874. The summed E-state index contributed by atoms with van der Waals surface area (Å²) >= 11 is 0. The quantitative estimate of drug-likeness (QED) is 0.219. The van der Waals surface area contributed by atoms with Crippen LogP contribution >= 0.6 is 0 Å². The first-order valence-electron chi connectivity index (χ1n) is 9.11. The fraction of sp³-hybridized carbons (Fsp3) is 1.00. The summed E-state index contributed by atoms with van der Waals surface area (Å²) in [5.41, 5.74) is 0. The van der Waals surface area contributed by atoms with Crippen molar-refractivity contribution in [1.29, 1.82) is 0 Å². The molecule has 0 spiro atoms. The van der Waals surface area contributed by atoms with Crippen LogP contribution in [0.5, 0.6) is 0 Å². The molecule has 4 atom stereocenters. The number of quaternary nitrogens is 2. The molecule has 0 aromatic rings. The molecule has 0 saturated heterocycles. The molecule has 0 fully saturated rings. The zero-order valence-electron chi connectivity index (χ0n) is 18.8. The molecule has 0 amide bonds. The van der Waals surface area contributed by atoms with Gasteiger partial charge in [-0.2, -0.15) is 0 Å². The minimum absolute atomic E-state index is 0. The third-order valence-corrected chi connectivity index (χ3v) is 2.86. The lowest BCUT2D eigenvalue weighted by atomic mass is 10.3.